The largest absolute Gasteiger partial charge is 0.394 e. The van der Waals surface area contributed by atoms with Crippen LogP contribution < -0.4 is 0 Å². The molecule has 0 bridgehead atoms. The van der Waals surface area contributed by atoms with Crippen molar-refractivity contribution >= 4 is 0 Å². The molecule has 0 radical (unpaired) electrons. The minimum atomic E-state index is -2.02. The van der Waals surface area contributed by atoms with Crippen molar-refractivity contribution < 1.29 is 105 Å². The summed E-state index contributed by atoms with van der Waals surface area (Å²) in [5.74, 6) is 0. The predicted molar refractivity (Wildman–Crippen MR) is 134 cm³/mol. The van der Waals surface area contributed by atoms with Crippen molar-refractivity contribution in [2.24, 2.45) is 0 Å². The predicted octanol–water partition coefficient (Wildman–Crippen LogP) is -9.75. The van der Waals surface area contributed by atoms with Gasteiger partial charge >= 0.3 is 0 Å². The van der Waals surface area contributed by atoms with Crippen LogP contribution in [0, 0.1) is 0 Å². The lowest BCUT2D eigenvalue weighted by molar-refractivity contribution is -0.387. The first kappa shape index (κ1) is 37.0. The molecule has 0 unspecified atom stereocenters. The summed E-state index contributed by atoms with van der Waals surface area (Å²) in [6.45, 7) is -3.39. The summed E-state index contributed by atoms with van der Waals surface area (Å²) < 4.78 is 37.7. The van der Waals surface area contributed by atoms with Gasteiger partial charge in [0.15, 0.2) is 25.2 Å². The van der Waals surface area contributed by atoms with Crippen molar-refractivity contribution in [1.82, 2.24) is 0 Å². The molecule has 21 heteroatoms. The van der Waals surface area contributed by atoms with Crippen LogP contribution in [0.5, 0.6) is 0 Å². The topological polar surface area (TPSA) is 348 Å². The third kappa shape index (κ3) is 7.44. The lowest BCUT2D eigenvalue weighted by Gasteiger charge is -2.49. The van der Waals surface area contributed by atoms with Crippen LogP contribution in [0.3, 0.4) is 0 Å². The van der Waals surface area contributed by atoms with Gasteiger partial charge in [-0.05, 0) is 0 Å². The second-order valence-corrected chi connectivity index (χ2v) is 11.1. The van der Waals surface area contributed by atoms with Crippen LogP contribution in [0.2, 0.25) is 0 Å². The van der Waals surface area contributed by atoms with Crippen LogP contribution >= 0.6 is 0 Å². The van der Waals surface area contributed by atoms with Crippen LogP contribution in [0.4, 0.5) is 0 Å². The molecule has 4 aliphatic rings. The van der Waals surface area contributed by atoms with Gasteiger partial charge in [-0.2, -0.15) is 0 Å². The van der Waals surface area contributed by atoms with E-state index in [1.807, 2.05) is 0 Å². The molecular formula is C24H42O21. The lowest BCUT2D eigenvalue weighted by atomic mass is 9.95. The Balaban J connectivity index is 1.43. The molecule has 264 valence electrons. The summed E-state index contributed by atoms with van der Waals surface area (Å²) in [6.07, 6.45) is -35.3. The maximum Gasteiger partial charge on any atom is 0.187 e. The summed E-state index contributed by atoms with van der Waals surface area (Å²) >= 11 is 0. The molecule has 0 aliphatic carbocycles. The first-order valence-corrected chi connectivity index (χ1v) is 14.1. The molecule has 45 heavy (non-hydrogen) atoms. The normalized spacial score (nSPS) is 52.9. The molecule has 0 aromatic carbocycles. The molecule has 0 aromatic heterocycles. The summed E-state index contributed by atoms with van der Waals surface area (Å²) in [4.78, 5) is 0. The maximum absolute atomic E-state index is 10.9. The van der Waals surface area contributed by atoms with Crippen molar-refractivity contribution in [3.8, 4) is 0 Å². The zero-order valence-electron chi connectivity index (χ0n) is 23.5. The number of aliphatic hydroxyl groups is 14. The van der Waals surface area contributed by atoms with Crippen LogP contribution in [0.15, 0.2) is 0 Å². The van der Waals surface area contributed by atoms with Crippen molar-refractivity contribution in [3.05, 3.63) is 0 Å². The molecule has 0 saturated carbocycles. The van der Waals surface area contributed by atoms with E-state index in [-0.39, 0.29) is 0 Å². The van der Waals surface area contributed by atoms with Crippen molar-refractivity contribution in [1.29, 1.82) is 0 Å². The van der Waals surface area contributed by atoms with Crippen molar-refractivity contribution in [3.63, 3.8) is 0 Å². The van der Waals surface area contributed by atoms with E-state index >= 15 is 0 Å². The Morgan fingerprint density at radius 1 is 0.333 bits per heavy atom. The first-order valence-electron chi connectivity index (χ1n) is 14.1. The van der Waals surface area contributed by atoms with Crippen LogP contribution in [-0.4, -0.2) is 221 Å². The van der Waals surface area contributed by atoms with E-state index in [0.29, 0.717) is 0 Å². The maximum atomic E-state index is 10.9. The summed E-state index contributed by atoms with van der Waals surface area (Å²) in [6, 6.07) is 0. The minimum absolute atomic E-state index is 0.784. The van der Waals surface area contributed by atoms with E-state index in [9.17, 15) is 71.5 Å². The fraction of sp³-hybridized carbons (Fsp3) is 1.00. The van der Waals surface area contributed by atoms with Gasteiger partial charge in [0.25, 0.3) is 0 Å². The SMILES string of the molecule is OC[C@@H]1O[C@@H](O[C@@H]2[C@@H](O)[C@H](O)[C@H](O[C@@H]3[C@@H](O)[C@H](O)[C@H](O[C@@H]4[C@@H](O)[C@H](O)[C@H](O)O[C@H]4CO)O[C@H]3CO)O[C@H]2CO)[C@@H](O)[C@H](O)[C@H]1O. The van der Waals surface area contributed by atoms with Gasteiger partial charge in [-0.1, -0.05) is 0 Å². The molecule has 4 saturated heterocycles. The minimum Gasteiger partial charge on any atom is -0.394 e. The standard InChI is InChI=1S/C24H42O21/c25-1-5-9(29)10(30)15(35)22(40-5)44-19-7(3-27)42-24(17(37)12(19)32)45-20-8(4-28)41-23(16(36)13(20)33)43-18-6(2-26)39-21(38)14(34)11(18)31/h5-38H,1-4H2/t5-,6-,7-,8-,9-,10+,11-,12-,13-,14-,15-,16-,17-,18-,19-,20-,21+,22-,23-,24-/m0/s1. The van der Waals surface area contributed by atoms with E-state index < -0.39 is 149 Å². The van der Waals surface area contributed by atoms with Gasteiger partial charge in [0.2, 0.25) is 0 Å². The van der Waals surface area contributed by atoms with Crippen LogP contribution in [-0.2, 0) is 33.2 Å². The molecule has 4 aliphatic heterocycles. The van der Waals surface area contributed by atoms with Crippen LogP contribution in [0.25, 0.3) is 0 Å². The number of rotatable bonds is 10. The highest BCUT2D eigenvalue weighted by molar-refractivity contribution is 4.97. The summed E-state index contributed by atoms with van der Waals surface area (Å²) in [7, 11) is 0. The molecule has 4 fully saturated rings. The van der Waals surface area contributed by atoms with E-state index in [4.69, 9.17) is 33.2 Å². The number of hydrogen-bond acceptors (Lipinski definition) is 21. The van der Waals surface area contributed by atoms with E-state index in [0.717, 1.165) is 0 Å². The Morgan fingerprint density at radius 2 is 0.644 bits per heavy atom. The summed E-state index contributed by atoms with van der Waals surface area (Å²) in [5, 5.41) is 142. The third-order valence-corrected chi connectivity index (χ3v) is 8.20. The highest BCUT2D eigenvalue weighted by Crippen LogP contribution is 2.34. The quantitative estimate of drug-likeness (QED) is 0.103. The Hall–Kier alpha value is -0.840. The van der Waals surface area contributed by atoms with Crippen molar-refractivity contribution in [2.45, 2.75) is 123 Å². The van der Waals surface area contributed by atoms with Gasteiger partial charge in [0.1, 0.15) is 97.7 Å². The Labute approximate surface area is 254 Å². The molecule has 4 rings (SSSR count). The molecule has 0 spiro atoms. The van der Waals surface area contributed by atoms with Gasteiger partial charge in [0.05, 0.1) is 26.4 Å². The second-order valence-electron chi connectivity index (χ2n) is 11.1. The van der Waals surface area contributed by atoms with Crippen LogP contribution in [0.1, 0.15) is 0 Å². The third-order valence-electron chi connectivity index (χ3n) is 8.20. The van der Waals surface area contributed by atoms with Gasteiger partial charge in [-0.25, -0.2) is 0 Å². The molecule has 14 N–H and O–H groups in total. The fourth-order valence-electron chi connectivity index (χ4n) is 5.55. The van der Waals surface area contributed by atoms with Crippen molar-refractivity contribution in [2.75, 3.05) is 26.4 Å². The number of ether oxygens (including phenoxy) is 7. The monoisotopic (exact) mass is 666 g/mol. The molecular weight excluding hydrogens is 624 g/mol. The summed E-state index contributed by atoms with van der Waals surface area (Å²) in [5.41, 5.74) is 0. The Kier molecular flexibility index (Phi) is 12.8. The fourth-order valence-corrected chi connectivity index (χ4v) is 5.55. The van der Waals surface area contributed by atoms with Gasteiger partial charge < -0.3 is 105 Å². The molecule has 0 aromatic rings. The van der Waals surface area contributed by atoms with Gasteiger partial charge in [-0.15, -0.1) is 0 Å². The lowest BCUT2D eigenvalue weighted by Crippen LogP contribution is -2.67. The molecule has 0 amide bonds. The molecule has 20 atom stereocenters. The highest BCUT2D eigenvalue weighted by atomic mass is 16.8. The van der Waals surface area contributed by atoms with Gasteiger partial charge in [0, 0.05) is 0 Å². The Bertz CT molecular complexity index is 910. The second kappa shape index (κ2) is 15.6. The average molecular weight is 667 g/mol. The zero-order chi connectivity index (χ0) is 33.3. The average Bonchev–Trinajstić information content (AvgIpc) is 3.03. The highest BCUT2D eigenvalue weighted by Gasteiger charge is 2.55. The Morgan fingerprint density at radius 3 is 1.02 bits per heavy atom. The van der Waals surface area contributed by atoms with Gasteiger partial charge in [-0.3, -0.25) is 0 Å². The van der Waals surface area contributed by atoms with E-state index in [1.54, 1.807) is 0 Å². The zero-order valence-corrected chi connectivity index (χ0v) is 23.5. The number of aliphatic hydroxyl groups excluding tert-OH is 14. The van der Waals surface area contributed by atoms with E-state index in [2.05, 4.69) is 0 Å². The number of hydrogen-bond donors (Lipinski definition) is 14. The van der Waals surface area contributed by atoms with E-state index in [1.165, 1.54) is 0 Å². The molecule has 4 heterocycles. The smallest absolute Gasteiger partial charge is 0.187 e. The molecule has 21 nitrogen and oxygen atoms in total. The first-order chi connectivity index (χ1) is 21.3.